The molecule has 0 aromatic heterocycles. The Morgan fingerprint density at radius 1 is 1.21 bits per heavy atom. The van der Waals surface area contributed by atoms with Gasteiger partial charge >= 0.3 is 0 Å². The van der Waals surface area contributed by atoms with Crippen molar-refractivity contribution in [3.8, 4) is 5.75 Å². The first-order valence-electron chi connectivity index (χ1n) is 7.77. The van der Waals surface area contributed by atoms with Crippen LogP contribution >= 0.6 is 0 Å². The molecular formula is C17H31NO. The molecule has 1 aliphatic rings. The van der Waals surface area contributed by atoms with Crippen molar-refractivity contribution >= 4 is 0 Å². The molecule has 0 spiro atoms. The van der Waals surface area contributed by atoms with E-state index >= 15 is 0 Å². The maximum Gasteiger partial charge on any atom is 0.115 e. The van der Waals surface area contributed by atoms with Crippen LogP contribution in [0.5, 0.6) is 5.75 Å². The van der Waals surface area contributed by atoms with Crippen molar-refractivity contribution in [3.63, 3.8) is 0 Å². The Morgan fingerprint density at radius 2 is 1.89 bits per heavy atom. The van der Waals surface area contributed by atoms with Crippen molar-refractivity contribution in [1.82, 2.24) is 5.32 Å². The van der Waals surface area contributed by atoms with Crippen LogP contribution in [-0.2, 0) is 6.42 Å². The minimum Gasteiger partial charge on any atom is -0.508 e. The molecule has 2 heteroatoms. The average Bonchev–Trinajstić information content (AvgIpc) is 2.43. The van der Waals surface area contributed by atoms with Gasteiger partial charge in [0, 0.05) is 6.04 Å². The number of hydrogen-bond donors (Lipinski definition) is 2. The van der Waals surface area contributed by atoms with E-state index in [2.05, 4.69) is 25.2 Å². The van der Waals surface area contributed by atoms with Gasteiger partial charge in [0.05, 0.1) is 0 Å². The maximum atomic E-state index is 9.32. The highest BCUT2D eigenvalue weighted by molar-refractivity contribution is 5.27. The number of phenols is 1. The lowest BCUT2D eigenvalue weighted by Gasteiger charge is -2.23. The minimum absolute atomic E-state index is 0.373. The van der Waals surface area contributed by atoms with E-state index in [9.17, 15) is 5.11 Å². The molecule has 2 rings (SSSR count). The third kappa shape index (κ3) is 8.66. The first-order chi connectivity index (χ1) is 9.26. The number of piperidine rings is 1. The summed E-state index contributed by atoms with van der Waals surface area (Å²) in [6.45, 7) is 9.39. The van der Waals surface area contributed by atoms with Crippen molar-refractivity contribution < 1.29 is 5.11 Å². The Labute approximate surface area is 119 Å². The average molecular weight is 265 g/mol. The van der Waals surface area contributed by atoms with Crippen molar-refractivity contribution in [2.45, 2.75) is 65.8 Å². The second kappa shape index (κ2) is 12.0. The fraction of sp³-hybridized carbons (Fsp3) is 0.647. The van der Waals surface area contributed by atoms with Gasteiger partial charge < -0.3 is 10.4 Å². The van der Waals surface area contributed by atoms with Gasteiger partial charge in [-0.15, -0.1) is 0 Å². The van der Waals surface area contributed by atoms with E-state index in [0.717, 1.165) is 13.0 Å². The van der Waals surface area contributed by atoms with Crippen molar-refractivity contribution in [2.75, 3.05) is 6.54 Å². The fourth-order valence-corrected chi connectivity index (χ4v) is 2.07. The summed E-state index contributed by atoms with van der Waals surface area (Å²) in [7, 11) is 0. The first kappa shape index (κ1) is 18.0. The molecule has 2 N–H and O–H groups in total. The number of nitrogens with one attached hydrogen (secondary N) is 1. The van der Waals surface area contributed by atoms with Crippen molar-refractivity contribution in [2.24, 2.45) is 0 Å². The van der Waals surface area contributed by atoms with Gasteiger partial charge in [-0.3, -0.25) is 0 Å². The van der Waals surface area contributed by atoms with Gasteiger partial charge in [-0.1, -0.05) is 52.7 Å². The smallest absolute Gasteiger partial charge is 0.115 e. The van der Waals surface area contributed by atoms with Gasteiger partial charge in [-0.25, -0.2) is 0 Å². The summed E-state index contributed by atoms with van der Waals surface area (Å²) >= 11 is 0. The molecule has 1 heterocycles. The molecular weight excluding hydrogens is 234 g/mol. The van der Waals surface area contributed by atoms with Crippen LogP contribution in [0.25, 0.3) is 0 Å². The second-order valence-corrected chi connectivity index (χ2v) is 4.73. The molecule has 2 nitrogen and oxygen atoms in total. The molecule has 1 aromatic carbocycles. The molecule has 0 saturated carbocycles. The predicted octanol–water partition coefficient (Wildman–Crippen LogP) is 4.52. The Bertz CT molecular complexity index is 306. The Kier molecular flexibility index (Phi) is 11.4. The molecule has 0 radical (unpaired) electrons. The van der Waals surface area contributed by atoms with E-state index in [-0.39, 0.29) is 0 Å². The Morgan fingerprint density at radius 3 is 2.42 bits per heavy atom. The standard InChI is InChI=1S/C12H17NO.C3H8.C2H6/c14-12-6-3-4-10(9-12)8-11-5-1-2-7-13-11;1-3-2;1-2/h3-4,6,9,11,13-14H,1-2,5,7-8H2;3H2,1-2H3;1-2H3. The molecule has 1 aliphatic heterocycles. The summed E-state index contributed by atoms with van der Waals surface area (Å²) in [5.74, 6) is 0.373. The maximum absolute atomic E-state index is 9.32. The van der Waals surface area contributed by atoms with E-state index in [0.29, 0.717) is 11.8 Å². The van der Waals surface area contributed by atoms with E-state index < -0.39 is 0 Å². The zero-order chi connectivity index (χ0) is 14.5. The molecule has 0 aliphatic carbocycles. The number of rotatable bonds is 2. The molecule has 0 amide bonds. The highest BCUT2D eigenvalue weighted by atomic mass is 16.3. The van der Waals surface area contributed by atoms with Crippen LogP contribution in [0.4, 0.5) is 0 Å². The van der Waals surface area contributed by atoms with Crippen LogP contribution in [0.15, 0.2) is 24.3 Å². The number of phenolic OH excluding ortho intramolecular Hbond substituents is 1. The molecule has 0 bridgehead atoms. The highest BCUT2D eigenvalue weighted by Crippen LogP contribution is 2.16. The van der Waals surface area contributed by atoms with Crippen LogP contribution in [0.2, 0.25) is 0 Å². The third-order valence-electron chi connectivity index (χ3n) is 2.81. The van der Waals surface area contributed by atoms with E-state index in [1.807, 2.05) is 26.0 Å². The fourth-order valence-electron chi connectivity index (χ4n) is 2.07. The normalized spacial score (nSPS) is 17.6. The minimum atomic E-state index is 0.373. The van der Waals surface area contributed by atoms with Crippen LogP contribution in [-0.4, -0.2) is 17.7 Å². The largest absolute Gasteiger partial charge is 0.508 e. The summed E-state index contributed by atoms with van der Waals surface area (Å²) in [4.78, 5) is 0. The number of benzene rings is 1. The Balaban J connectivity index is 0.000000573. The SMILES string of the molecule is CC.CCC.Oc1cccc(CC2CCCCN2)c1. The highest BCUT2D eigenvalue weighted by Gasteiger charge is 2.12. The van der Waals surface area contributed by atoms with Gasteiger partial charge in [0.25, 0.3) is 0 Å². The van der Waals surface area contributed by atoms with Gasteiger partial charge in [0.1, 0.15) is 5.75 Å². The first-order valence-corrected chi connectivity index (χ1v) is 7.77. The van der Waals surface area contributed by atoms with Crippen molar-refractivity contribution in [3.05, 3.63) is 29.8 Å². The lowest BCUT2D eigenvalue weighted by molar-refractivity contribution is 0.398. The summed E-state index contributed by atoms with van der Waals surface area (Å²) in [6.07, 6.45) is 6.18. The summed E-state index contributed by atoms with van der Waals surface area (Å²) < 4.78 is 0. The molecule has 1 fully saturated rings. The summed E-state index contributed by atoms with van der Waals surface area (Å²) in [5.41, 5.74) is 1.23. The van der Waals surface area contributed by atoms with Gasteiger partial charge in [-0.05, 0) is 43.5 Å². The topological polar surface area (TPSA) is 32.3 Å². The predicted molar refractivity (Wildman–Crippen MR) is 84.8 cm³/mol. The Hall–Kier alpha value is -1.02. The molecule has 1 atom stereocenters. The van der Waals surface area contributed by atoms with Gasteiger partial charge in [0.15, 0.2) is 0 Å². The number of hydrogen-bond acceptors (Lipinski definition) is 2. The lowest BCUT2D eigenvalue weighted by atomic mass is 9.98. The summed E-state index contributed by atoms with van der Waals surface area (Å²) in [6, 6.07) is 8.17. The van der Waals surface area contributed by atoms with E-state index in [1.165, 1.54) is 31.2 Å². The second-order valence-electron chi connectivity index (χ2n) is 4.73. The quantitative estimate of drug-likeness (QED) is 0.824. The molecule has 1 saturated heterocycles. The number of aromatic hydroxyl groups is 1. The molecule has 19 heavy (non-hydrogen) atoms. The molecule has 1 aromatic rings. The third-order valence-corrected chi connectivity index (χ3v) is 2.81. The van der Waals surface area contributed by atoms with Crippen molar-refractivity contribution in [1.29, 1.82) is 0 Å². The van der Waals surface area contributed by atoms with E-state index in [1.54, 1.807) is 6.07 Å². The van der Waals surface area contributed by atoms with Crippen LogP contribution in [0, 0.1) is 0 Å². The zero-order valence-electron chi connectivity index (χ0n) is 13.1. The van der Waals surface area contributed by atoms with Crippen LogP contribution < -0.4 is 5.32 Å². The van der Waals surface area contributed by atoms with Crippen LogP contribution in [0.3, 0.4) is 0 Å². The molecule has 1 unspecified atom stereocenters. The van der Waals surface area contributed by atoms with E-state index in [4.69, 9.17) is 0 Å². The van der Waals surface area contributed by atoms with Crippen LogP contribution in [0.1, 0.15) is 58.9 Å². The van der Waals surface area contributed by atoms with Gasteiger partial charge in [0.2, 0.25) is 0 Å². The molecule has 110 valence electrons. The zero-order valence-corrected chi connectivity index (χ0v) is 13.1. The van der Waals surface area contributed by atoms with Gasteiger partial charge in [-0.2, -0.15) is 0 Å². The monoisotopic (exact) mass is 265 g/mol. The summed E-state index contributed by atoms with van der Waals surface area (Å²) in [5, 5.41) is 12.8. The lowest BCUT2D eigenvalue weighted by Crippen LogP contribution is -2.35.